The summed E-state index contributed by atoms with van der Waals surface area (Å²) in [6.45, 7) is 0.672. The van der Waals surface area contributed by atoms with E-state index in [0.717, 1.165) is 17.6 Å². The molecule has 0 fully saturated rings. The predicted molar refractivity (Wildman–Crippen MR) is 90.7 cm³/mol. The van der Waals surface area contributed by atoms with E-state index in [2.05, 4.69) is 17.1 Å². The zero-order chi connectivity index (χ0) is 15.8. The van der Waals surface area contributed by atoms with Gasteiger partial charge in [-0.25, -0.2) is 0 Å². The largest absolute Gasteiger partial charge is 0.481 e. The van der Waals surface area contributed by atoms with Crippen LogP contribution in [-0.2, 0) is 11.2 Å². The fraction of sp³-hybridized carbons (Fsp3) is 0.167. The number of aromatic nitrogens is 1. The number of carbonyl (C=O) groups is 1. The molecule has 0 spiro atoms. The first-order valence-corrected chi connectivity index (χ1v) is 7.60. The number of amides is 1. The third-order valence-electron chi connectivity index (χ3n) is 4.21. The van der Waals surface area contributed by atoms with Gasteiger partial charge in [-0.15, -0.1) is 0 Å². The lowest BCUT2D eigenvalue weighted by molar-refractivity contribution is -0.121. The fourth-order valence-electron chi connectivity index (χ4n) is 3.04. The number of hydrogen-bond donors (Lipinski definition) is 2. The molecule has 3 N–H and O–H groups in total. The van der Waals surface area contributed by atoms with Crippen molar-refractivity contribution in [1.29, 1.82) is 0 Å². The Kier molecular flexibility index (Phi) is 3.19. The Balaban J connectivity index is 1.60. The topological polar surface area (TPSA) is 71.3 Å². The Labute approximate surface area is 133 Å². The van der Waals surface area contributed by atoms with Crippen molar-refractivity contribution in [2.45, 2.75) is 6.42 Å². The van der Waals surface area contributed by atoms with Crippen LogP contribution >= 0.6 is 0 Å². The number of para-hydroxylation sites is 1. The SMILES string of the molecule is Nc1ccc2c(c1)OCC(=O)N2CCc1c[nH]c2ccccc12. The average Bonchev–Trinajstić information content (AvgIpc) is 2.97. The Morgan fingerprint density at radius 2 is 2.09 bits per heavy atom. The van der Waals surface area contributed by atoms with E-state index in [0.29, 0.717) is 18.0 Å². The van der Waals surface area contributed by atoms with Crippen LogP contribution in [0.1, 0.15) is 5.56 Å². The summed E-state index contributed by atoms with van der Waals surface area (Å²) >= 11 is 0. The standard InChI is InChI=1S/C18H17N3O2/c19-13-5-6-16-17(9-13)23-11-18(22)21(16)8-7-12-10-20-15-4-2-1-3-14(12)15/h1-6,9-10,20H,7-8,11,19H2. The third kappa shape index (κ3) is 2.40. The van der Waals surface area contributed by atoms with E-state index in [1.165, 1.54) is 10.9 Å². The number of nitrogens with two attached hydrogens (primary N) is 1. The van der Waals surface area contributed by atoms with Gasteiger partial charge in [-0.2, -0.15) is 0 Å². The van der Waals surface area contributed by atoms with Crippen molar-refractivity contribution < 1.29 is 9.53 Å². The Bertz CT molecular complexity index is 885. The van der Waals surface area contributed by atoms with Gasteiger partial charge in [0.05, 0.1) is 5.69 Å². The molecule has 3 aromatic rings. The zero-order valence-electron chi connectivity index (χ0n) is 12.6. The summed E-state index contributed by atoms with van der Waals surface area (Å²) in [4.78, 5) is 17.3. The first-order chi connectivity index (χ1) is 11.2. The van der Waals surface area contributed by atoms with Gasteiger partial charge in [0.15, 0.2) is 6.61 Å². The van der Waals surface area contributed by atoms with Gasteiger partial charge < -0.3 is 20.4 Å². The summed E-state index contributed by atoms with van der Waals surface area (Å²) in [5.74, 6) is 0.644. The van der Waals surface area contributed by atoms with Gasteiger partial charge in [-0.1, -0.05) is 18.2 Å². The van der Waals surface area contributed by atoms with Crippen molar-refractivity contribution in [3.05, 3.63) is 54.2 Å². The van der Waals surface area contributed by atoms with Crippen molar-refractivity contribution >= 4 is 28.2 Å². The smallest absolute Gasteiger partial charge is 0.265 e. The monoisotopic (exact) mass is 307 g/mol. The van der Waals surface area contributed by atoms with Crippen LogP contribution < -0.4 is 15.4 Å². The van der Waals surface area contributed by atoms with Gasteiger partial charge in [0, 0.05) is 35.4 Å². The number of benzene rings is 2. The molecule has 5 heteroatoms. The van der Waals surface area contributed by atoms with Crippen LogP contribution in [0, 0.1) is 0 Å². The van der Waals surface area contributed by atoms with Crippen molar-refractivity contribution in [1.82, 2.24) is 4.98 Å². The Hall–Kier alpha value is -2.95. The highest BCUT2D eigenvalue weighted by atomic mass is 16.5. The summed E-state index contributed by atoms with van der Waals surface area (Å²) < 4.78 is 5.48. The molecule has 0 atom stereocenters. The summed E-state index contributed by atoms with van der Waals surface area (Å²) in [7, 11) is 0. The van der Waals surface area contributed by atoms with E-state index in [-0.39, 0.29) is 12.5 Å². The molecule has 0 radical (unpaired) electrons. The molecule has 2 aromatic carbocycles. The van der Waals surface area contributed by atoms with Crippen molar-refractivity contribution in [3.63, 3.8) is 0 Å². The molecule has 0 saturated heterocycles. The lowest BCUT2D eigenvalue weighted by Gasteiger charge is -2.29. The zero-order valence-corrected chi connectivity index (χ0v) is 12.6. The molecule has 23 heavy (non-hydrogen) atoms. The summed E-state index contributed by atoms with van der Waals surface area (Å²) in [6.07, 6.45) is 2.79. The Morgan fingerprint density at radius 3 is 3.00 bits per heavy atom. The maximum absolute atomic E-state index is 12.2. The first-order valence-electron chi connectivity index (χ1n) is 7.60. The molecule has 1 aromatic heterocycles. The van der Waals surface area contributed by atoms with Crippen LogP contribution in [0.5, 0.6) is 5.75 Å². The second kappa shape index (κ2) is 5.35. The molecular weight excluding hydrogens is 290 g/mol. The number of anilines is 2. The highest BCUT2D eigenvalue weighted by Crippen LogP contribution is 2.34. The number of nitrogens with zero attached hydrogens (tertiary/aromatic N) is 1. The van der Waals surface area contributed by atoms with Crippen LogP contribution in [0.4, 0.5) is 11.4 Å². The minimum absolute atomic E-state index is 0.0258. The summed E-state index contributed by atoms with van der Waals surface area (Å²) in [5, 5.41) is 1.20. The third-order valence-corrected chi connectivity index (χ3v) is 4.21. The minimum atomic E-state index is -0.0258. The summed E-state index contributed by atoms with van der Waals surface area (Å²) in [5.41, 5.74) is 9.53. The van der Waals surface area contributed by atoms with Gasteiger partial charge in [-0.3, -0.25) is 4.79 Å². The van der Waals surface area contributed by atoms with Crippen LogP contribution in [-0.4, -0.2) is 24.0 Å². The summed E-state index contributed by atoms with van der Waals surface area (Å²) in [6, 6.07) is 13.6. The van der Waals surface area contributed by atoms with E-state index in [1.54, 1.807) is 17.0 Å². The van der Waals surface area contributed by atoms with Crippen LogP contribution in [0.25, 0.3) is 10.9 Å². The lowest BCUT2D eigenvalue weighted by Crippen LogP contribution is -2.40. The highest BCUT2D eigenvalue weighted by Gasteiger charge is 2.25. The molecule has 0 aliphatic carbocycles. The number of aromatic amines is 1. The predicted octanol–water partition coefficient (Wildman–Crippen LogP) is 2.72. The van der Waals surface area contributed by atoms with E-state index in [1.807, 2.05) is 24.4 Å². The molecule has 5 nitrogen and oxygen atoms in total. The van der Waals surface area contributed by atoms with Crippen molar-refractivity contribution in [3.8, 4) is 5.75 Å². The van der Waals surface area contributed by atoms with E-state index in [4.69, 9.17) is 10.5 Å². The van der Waals surface area contributed by atoms with E-state index < -0.39 is 0 Å². The quantitative estimate of drug-likeness (QED) is 0.731. The maximum Gasteiger partial charge on any atom is 0.265 e. The molecule has 1 amide bonds. The van der Waals surface area contributed by atoms with Crippen molar-refractivity contribution in [2.24, 2.45) is 0 Å². The molecule has 0 unspecified atom stereocenters. The number of nitrogen functional groups attached to an aromatic ring is 1. The van der Waals surface area contributed by atoms with Gasteiger partial charge in [-0.05, 0) is 30.2 Å². The van der Waals surface area contributed by atoms with Gasteiger partial charge in [0.25, 0.3) is 5.91 Å². The number of carbonyl (C=O) groups excluding carboxylic acids is 1. The molecule has 1 aliphatic heterocycles. The number of fused-ring (bicyclic) bond motifs is 2. The average molecular weight is 307 g/mol. The number of hydrogen-bond acceptors (Lipinski definition) is 3. The second-order valence-electron chi connectivity index (χ2n) is 5.67. The fourth-order valence-corrected chi connectivity index (χ4v) is 3.04. The molecular formula is C18H17N3O2. The van der Waals surface area contributed by atoms with Crippen LogP contribution in [0.15, 0.2) is 48.7 Å². The second-order valence-corrected chi connectivity index (χ2v) is 5.67. The van der Waals surface area contributed by atoms with E-state index in [9.17, 15) is 4.79 Å². The highest BCUT2D eigenvalue weighted by molar-refractivity contribution is 5.98. The number of ether oxygens (including phenoxy) is 1. The van der Waals surface area contributed by atoms with Crippen molar-refractivity contribution in [2.75, 3.05) is 23.8 Å². The number of nitrogens with one attached hydrogen (secondary N) is 1. The number of rotatable bonds is 3. The van der Waals surface area contributed by atoms with Gasteiger partial charge in [0.2, 0.25) is 0 Å². The molecule has 4 rings (SSSR count). The molecule has 1 aliphatic rings. The number of H-pyrrole nitrogens is 1. The van der Waals surface area contributed by atoms with Gasteiger partial charge >= 0.3 is 0 Å². The Morgan fingerprint density at radius 1 is 1.22 bits per heavy atom. The molecule has 2 heterocycles. The van der Waals surface area contributed by atoms with E-state index >= 15 is 0 Å². The molecule has 0 saturated carbocycles. The molecule has 116 valence electrons. The maximum atomic E-state index is 12.2. The first kappa shape index (κ1) is 13.7. The normalized spacial score (nSPS) is 13.9. The molecule has 0 bridgehead atoms. The van der Waals surface area contributed by atoms with Crippen LogP contribution in [0.2, 0.25) is 0 Å². The van der Waals surface area contributed by atoms with Crippen LogP contribution in [0.3, 0.4) is 0 Å². The minimum Gasteiger partial charge on any atom is -0.481 e. The lowest BCUT2D eigenvalue weighted by atomic mass is 10.1. The van der Waals surface area contributed by atoms with Gasteiger partial charge in [0.1, 0.15) is 5.75 Å².